The molecule has 1 aliphatic carbocycles. The van der Waals surface area contributed by atoms with Crippen molar-refractivity contribution in [1.29, 1.82) is 0 Å². The monoisotopic (exact) mass is 470 g/mol. The number of halogens is 2. The summed E-state index contributed by atoms with van der Waals surface area (Å²) in [5.41, 5.74) is 0. The van der Waals surface area contributed by atoms with E-state index in [4.69, 9.17) is 5.11 Å². The Morgan fingerprint density at radius 1 is 1.24 bits per heavy atom. The van der Waals surface area contributed by atoms with Gasteiger partial charge in [-0.15, -0.1) is 36.1 Å². The van der Waals surface area contributed by atoms with Gasteiger partial charge in [-0.2, -0.15) is 23.6 Å². The molecule has 5 heteroatoms. The van der Waals surface area contributed by atoms with Crippen molar-refractivity contribution in [1.82, 2.24) is 0 Å². The number of fused-ring (bicyclic) bond motifs is 1. The van der Waals surface area contributed by atoms with E-state index in [1.807, 2.05) is 6.92 Å². The minimum Gasteiger partial charge on any atom is -1.00 e. The summed E-state index contributed by atoms with van der Waals surface area (Å²) in [6.45, 7) is 6.92. The third-order valence-electron chi connectivity index (χ3n) is 3.71. The maximum Gasteiger partial charge on any atom is 0.0448 e. The fourth-order valence-electron chi connectivity index (χ4n) is 2.35. The maximum atomic E-state index is 8.83. The first-order valence-corrected chi connectivity index (χ1v) is 12.6. The van der Waals surface area contributed by atoms with Gasteiger partial charge in [0.25, 0.3) is 0 Å². The van der Waals surface area contributed by atoms with Crippen molar-refractivity contribution >= 4 is 22.6 Å². The zero-order valence-corrected chi connectivity index (χ0v) is 20.1. The zero-order valence-electron chi connectivity index (χ0n) is 15.1. The zero-order chi connectivity index (χ0) is 17.1. The molecule has 0 atom stereocenters. The molecule has 0 saturated carbocycles. The fraction of sp³-hybridized carbons (Fsp3) is 0.300. The van der Waals surface area contributed by atoms with Gasteiger partial charge >= 0.3 is 34.9 Å². The molecule has 2 aromatic rings. The minimum absolute atomic E-state index is 0. The van der Waals surface area contributed by atoms with E-state index in [1.165, 1.54) is 40.2 Å². The molecule has 1 aliphatic rings. The van der Waals surface area contributed by atoms with Gasteiger partial charge < -0.3 is 29.9 Å². The Morgan fingerprint density at radius 3 is 2.40 bits per heavy atom. The van der Waals surface area contributed by atoms with Crippen molar-refractivity contribution in [3.63, 3.8) is 0 Å². The summed E-state index contributed by atoms with van der Waals surface area (Å²) < 4.78 is 2.09. The average Bonchev–Trinajstić information content (AvgIpc) is 3.21. The standard InChI is InChI=1S/C9H15OSi.C9H7.C2H4.2ClH.Zr/c1-11(2,8-7-10)9-5-3-4-6-9;1-2-5-9-7-3-6-8(9)4-1;1-2;;;/h3,5,10H,4,7-8H2,1-2H3;1-7H;1H,2H3;2*1H;/q2*-1;;;;+2/p-2. The molecule has 0 amide bonds. The average molecular weight is 473 g/mol. The van der Waals surface area contributed by atoms with Crippen molar-refractivity contribution in [2.75, 3.05) is 6.61 Å². The first kappa shape index (κ1) is 27.0. The van der Waals surface area contributed by atoms with Gasteiger partial charge in [0.15, 0.2) is 0 Å². The van der Waals surface area contributed by atoms with Gasteiger partial charge in [0.2, 0.25) is 0 Å². The van der Waals surface area contributed by atoms with Crippen LogP contribution in [0.1, 0.15) is 13.3 Å². The number of hydrogen-bond acceptors (Lipinski definition) is 1. The van der Waals surface area contributed by atoms with Crippen LogP contribution in [-0.2, 0) is 24.2 Å². The summed E-state index contributed by atoms with van der Waals surface area (Å²) in [5, 5.41) is 12.9. The Morgan fingerprint density at radius 2 is 1.88 bits per heavy atom. The first-order chi connectivity index (χ1) is 11.0. The SMILES string of the molecule is C[CH]=[Zr+2].C[Si](C)(CCO)C1=[C-]CC=C1.[Cl-].[Cl-].c1ccc2[cH-]ccc2c1. The van der Waals surface area contributed by atoms with Crippen molar-refractivity contribution in [3.05, 3.63) is 65.9 Å². The predicted octanol–water partition coefficient (Wildman–Crippen LogP) is -1.16. The van der Waals surface area contributed by atoms with E-state index in [0.717, 1.165) is 12.5 Å². The topological polar surface area (TPSA) is 20.2 Å². The van der Waals surface area contributed by atoms with Crippen LogP contribution in [0.2, 0.25) is 19.1 Å². The fourth-order valence-corrected chi connectivity index (χ4v) is 4.33. The second-order valence-corrected chi connectivity index (χ2v) is 12.2. The molecule has 0 aromatic heterocycles. The van der Waals surface area contributed by atoms with Gasteiger partial charge in [-0.1, -0.05) is 19.2 Å². The van der Waals surface area contributed by atoms with Crippen LogP contribution in [0.25, 0.3) is 10.8 Å². The van der Waals surface area contributed by atoms with Crippen LogP contribution in [0.5, 0.6) is 0 Å². The van der Waals surface area contributed by atoms with Crippen LogP contribution in [0.3, 0.4) is 0 Å². The molecule has 0 bridgehead atoms. The molecule has 3 rings (SSSR count). The van der Waals surface area contributed by atoms with Gasteiger partial charge in [0.05, 0.1) is 0 Å². The van der Waals surface area contributed by atoms with Crippen LogP contribution in [0.4, 0.5) is 0 Å². The van der Waals surface area contributed by atoms with E-state index >= 15 is 0 Å². The second-order valence-electron chi connectivity index (χ2n) is 6.00. The second kappa shape index (κ2) is 14.9. The van der Waals surface area contributed by atoms with Crippen LogP contribution >= 0.6 is 0 Å². The summed E-state index contributed by atoms with van der Waals surface area (Å²) in [5.74, 6) is 0. The number of benzene rings is 1. The molecule has 2 aromatic carbocycles. The van der Waals surface area contributed by atoms with Crippen molar-refractivity contribution in [3.8, 4) is 0 Å². The molecule has 0 unspecified atom stereocenters. The molecule has 0 aliphatic heterocycles. The predicted molar refractivity (Wildman–Crippen MR) is 101 cm³/mol. The van der Waals surface area contributed by atoms with E-state index in [0.29, 0.717) is 6.61 Å². The molecule has 1 N–H and O–H groups in total. The number of rotatable bonds is 3. The molecular formula is C20H26Cl2OSiZr-2. The van der Waals surface area contributed by atoms with Gasteiger partial charge in [-0.05, 0) is 6.04 Å². The molecule has 25 heavy (non-hydrogen) atoms. The van der Waals surface area contributed by atoms with E-state index in [2.05, 4.69) is 77.5 Å². The third kappa shape index (κ3) is 9.92. The van der Waals surface area contributed by atoms with Crippen molar-refractivity contribution in [2.45, 2.75) is 32.5 Å². The number of allylic oxidation sites excluding steroid dienone is 4. The molecule has 136 valence electrons. The van der Waals surface area contributed by atoms with Crippen molar-refractivity contribution in [2.24, 2.45) is 0 Å². The van der Waals surface area contributed by atoms with Crippen LogP contribution in [-0.4, -0.2) is 23.5 Å². The quantitative estimate of drug-likeness (QED) is 0.442. The summed E-state index contributed by atoms with van der Waals surface area (Å²) in [6, 6.07) is 15.6. The Hall–Kier alpha value is -0.180. The third-order valence-corrected chi connectivity index (χ3v) is 6.98. The Kier molecular flexibility index (Phi) is 16.2. The van der Waals surface area contributed by atoms with Gasteiger partial charge in [-0.25, -0.2) is 11.3 Å². The Labute approximate surface area is 180 Å². The van der Waals surface area contributed by atoms with Crippen LogP contribution < -0.4 is 24.8 Å². The molecule has 0 radical (unpaired) electrons. The minimum atomic E-state index is -1.30. The molecular weight excluding hydrogens is 446 g/mol. The van der Waals surface area contributed by atoms with Gasteiger partial charge in [-0.3, -0.25) is 6.08 Å². The van der Waals surface area contributed by atoms with E-state index in [9.17, 15) is 0 Å². The van der Waals surface area contributed by atoms with E-state index in [1.54, 1.807) is 0 Å². The van der Waals surface area contributed by atoms with E-state index < -0.39 is 8.07 Å². The largest absolute Gasteiger partial charge is 1.00 e. The molecule has 1 nitrogen and oxygen atoms in total. The van der Waals surface area contributed by atoms with Gasteiger partial charge in [0.1, 0.15) is 0 Å². The maximum absolute atomic E-state index is 8.83. The summed E-state index contributed by atoms with van der Waals surface area (Å²) >= 11 is 1.51. The number of hydrogen-bond donors (Lipinski definition) is 1. The van der Waals surface area contributed by atoms with Crippen LogP contribution in [0, 0.1) is 6.08 Å². The summed E-state index contributed by atoms with van der Waals surface area (Å²) in [4.78, 5) is 0. The molecule has 0 spiro atoms. The Balaban J connectivity index is 0. The van der Waals surface area contributed by atoms with Crippen LogP contribution in [0.15, 0.2) is 59.8 Å². The summed E-state index contributed by atoms with van der Waals surface area (Å²) in [7, 11) is -1.30. The summed E-state index contributed by atoms with van der Waals surface area (Å²) in [6.07, 6.45) is 8.62. The number of aliphatic hydroxyl groups excluding tert-OH is 1. The molecule has 0 fully saturated rings. The first-order valence-electron chi connectivity index (χ1n) is 7.99. The molecule has 0 heterocycles. The smallest absolute Gasteiger partial charge is 0.0448 e. The normalized spacial score (nSPS) is 11.8. The molecule has 0 saturated heterocycles. The Bertz CT molecular complexity index is 632. The number of aliphatic hydroxyl groups is 1. The van der Waals surface area contributed by atoms with Gasteiger partial charge in [0, 0.05) is 14.7 Å². The van der Waals surface area contributed by atoms with E-state index in [-0.39, 0.29) is 24.8 Å². The van der Waals surface area contributed by atoms with Crippen molar-refractivity contribution < 1.29 is 54.2 Å².